The van der Waals surface area contributed by atoms with Gasteiger partial charge in [0.15, 0.2) is 17.2 Å². The SMILES string of the molecule is COc1ccc(C(=O)Nc2ccc(C(C)(C)CNC(=O)c3cnc4[nH]ccc4c3)cc2)cc1OC.O=C(O)c1cnc2ccccn12. The number of aromatic carboxylic acids is 1. The zero-order valence-electron chi connectivity index (χ0n) is 26.3. The summed E-state index contributed by atoms with van der Waals surface area (Å²) < 4.78 is 12.0. The van der Waals surface area contributed by atoms with Crippen molar-refractivity contribution >= 4 is 40.2 Å². The fourth-order valence-electron chi connectivity index (χ4n) is 4.85. The van der Waals surface area contributed by atoms with E-state index in [0.29, 0.717) is 40.5 Å². The molecule has 6 aromatic rings. The third-order valence-electron chi connectivity index (χ3n) is 7.56. The highest BCUT2D eigenvalue weighted by Crippen LogP contribution is 2.28. The zero-order valence-corrected chi connectivity index (χ0v) is 26.3. The molecule has 4 N–H and O–H groups in total. The van der Waals surface area contributed by atoms with Gasteiger partial charge in [-0.1, -0.05) is 32.0 Å². The maximum absolute atomic E-state index is 12.7. The molecule has 0 spiro atoms. The highest BCUT2D eigenvalue weighted by Gasteiger charge is 2.22. The Morgan fingerprint density at radius 2 is 1.64 bits per heavy atom. The van der Waals surface area contributed by atoms with Gasteiger partial charge in [-0.05, 0) is 60.2 Å². The van der Waals surface area contributed by atoms with Crippen molar-refractivity contribution in [2.45, 2.75) is 19.3 Å². The number of pyridine rings is 2. The van der Waals surface area contributed by atoms with Crippen molar-refractivity contribution in [3.8, 4) is 11.5 Å². The van der Waals surface area contributed by atoms with Gasteiger partial charge < -0.3 is 30.2 Å². The number of hydrogen-bond donors (Lipinski definition) is 4. The number of nitrogens with one attached hydrogen (secondary N) is 3. The molecule has 240 valence electrons. The fraction of sp³-hybridized carbons (Fsp3) is 0.171. The van der Waals surface area contributed by atoms with Crippen molar-refractivity contribution in [3.63, 3.8) is 0 Å². The third kappa shape index (κ3) is 7.39. The number of aromatic nitrogens is 4. The van der Waals surface area contributed by atoms with Gasteiger partial charge in [0, 0.05) is 47.2 Å². The molecule has 2 amide bonds. The lowest BCUT2D eigenvalue weighted by Gasteiger charge is -2.26. The molecule has 2 aromatic carbocycles. The van der Waals surface area contributed by atoms with Gasteiger partial charge in [0.05, 0.1) is 26.0 Å². The Kier molecular flexibility index (Phi) is 9.50. The minimum atomic E-state index is -0.964. The molecule has 4 aromatic heterocycles. The molecule has 0 bridgehead atoms. The van der Waals surface area contributed by atoms with E-state index >= 15 is 0 Å². The highest BCUT2D eigenvalue weighted by molar-refractivity contribution is 6.04. The largest absolute Gasteiger partial charge is 0.493 e. The number of hydrogen-bond acceptors (Lipinski definition) is 7. The molecular weight excluding hydrogens is 600 g/mol. The molecule has 0 saturated carbocycles. The van der Waals surface area contributed by atoms with Gasteiger partial charge in [-0.15, -0.1) is 0 Å². The quantitative estimate of drug-likeness (QED) is 0.161. The van der Waals surface area contributed by atoms with Crippen LogP contribution in [-0.4, -0.2) is 63.0 Å². The predicted molar refractivity (Wildman–Crippen MR) is 178 cm³/mol. The lowest BCUT2D eigenvalue weighted by molar-refractivity contribution is 0.0688. The van der Waals surface area contributed by atoms with Gasteiger partial charge >= 0.3 is 5.97 Å². The van der Waals surface area contributed by atoms with Crippen molar-refractivity contribution in [2.24, 2.45) is 0 Å². The number of H-pyrrole nitrogens is 1. The first-order valence-electron chi connectivity index (χ1n) is 14.6. The molecule has 12 nitrogen and oxygen atoms in total. The van der Waals surface area contributed by atoms with Crippen LogP contribution in [0.2, 0.25) is 0 Å². The predicted octanol–water partition coefficient (Wildman–Crippen LogP) is 5.57. The van der Waals surface area contributed by atoms with E-state index in [1.54, 1.807) is 56.0 Å². The first-order chi connectivity index (χ1) is 22.6. The van der Waals surface area contributed by atoms with Crippen LogP contribution in [-0.2, 0) is 5.41 Å². The molecule has 0 aliphatic heterocycles. The molecule has 0 radical (unpaired) electrons. The van der Waals surface area contributed by atoms with E-state index in [4.69, 9.17) is 14.6 Å². The van der Waals surface area contributed by atoms with E-state index in [2.05, 4.69) is 39.4 Å². The number of anilines is 1. The second-order valence-corrected chi connectivity index (χ2v) is 11.2. The van der Waals surface area contributed by atoms with E-state index < -0.39 is 5.97 Å². The molecular formula is C35H34N6O6. The normalized spacial score (nSPS) is 11.0. The van der Waals surface area contributed by atoms with Gasteiger partial charge in [-0.25, -0.2) is 14.8 Å². The number of methoxy groups -OCH3 is 2. The number of fused-ring (bicyclic) bond motifs is 2. The Morgan fingerprint density at radius 3 is 2.36 bits per heavy atom. The topological polar surface area (TPSA) is 160 Å². The van der Waals surface area contributed by atoms with Crippen molar-refractivity contribution < 1.29 is 29.0 Å². The van der Waals surface area contributed by atoms with Crippen LogP contribution in [0.1, 0.15) is 50.6 Å². The number of carboxylic acid groups (broad SMARTS) is 1. The van der Waals surface area contributed by atoms with Crippen LogP contribution in [0.25, 0.3) is 16.7 Å². The average molecular weight is 635 g/mol. The van der Waals surface area contributed by atoms with Crippen LogP contribution in [0.3, 0.4) is 0 Å². The minimum Gasteiger partial charge on any atom is -0.493 e. The second kappa shape index (κ2) is 13.9. The minimum absolute atomic E-state index is 0.174. The number of nitrogens with zero attached hydrogens (tertiary/aromatic N) is 3. The number of ether oxygens (including phenoxy) is 2. The number of rotatable bonds is 9. The summed E-state index contributed by atoms with van der Waals surface area (Å²) in [5, 5.41) is 15.5. The number of carbonyl (C=O) groups is 3. The van der Waals surface area contributed by atoms with E-state index in [1.807, 2.05) is 42.5 Å². The van der Waals surface area contributed by atoms with Gasteiger partial charge in [0.1, 0.15) is 11.3 Å². The summed E-state index contributed by atoms with van der Waals surface area (Å²) in [6.07, 6.45) is 6.38. The Bertz CT molecular complexity index is 2050. The van der Waals surface area contributed by atoms with Crippen LogP contribution in [0.15, 0.2) is 97.6 Å². The van der Waals surface area contributed by atoms with Crippen molar-refractivity contribution in [2.75, 3.05) is 26.1 Å². The lowest BCUT2D eigenvalue weighted by Crippen LogP contribution is -2.36. The Morgan fingerprint density at radius 1 is 0.872 bits per heavy atom. The fourth-order valence-corrected chi connectivity index (χ4v) is 4.85. The molecule has 0 unspecified atom stereocenters. The summed E-state index contributed by atoms with van der Waals surface area (Å²) in [6.45, 7) is 4.55. The molecule has 12 heteroatoms. The van der Waals surface area contributed by atoms with Crippen LogP contribution >= 0.6 is 0 Å². The lowest BCUT2D eigenvalue weighted by atomic mass is 9.84. The van der Waals surface area contributed by atoms with Gasteiger partial charge in [0.25, 0.3) is 11.8 Å². The molecule has 4 heterocycles. The van der Waals surface area contributed by atoms with E-state index in [1.165, 1.54) is 17.7 Å². The molecule has 0 fully saturated rings. The number of benzene rings is 2. The number of carbonyl (C=O) groups excluding carboxylic acids is 2. The van der Waals surface area contributed by atoms with Crippen molar-refractivity contribution in [1.29, 1.82) is 0 Å². The van der Waals surface area contributed by atoms with Crippen LogP contribution in [0.5, 0.6) is 11.5 Å². The van der Waals surface area contributed by atoms with Crippen LogP contribution < -0.4 is 20.1 Å². The molecule has 0 atom stereocenters. The summed E-state index contributed by atoms with van der Waals surface area (Å²) in [5.41, 5.74) is 3.93. The second-order valence-electron chi connectivity index (χ2n) is 11.2. The van der Waals surface area contributed by atoms with Crippen LogP contribution in [0, 0.1) is 0 Å². The van der Waals surface area contributed by atoms with Gasteiger partial charge in [-0.2, -0.15) is 0 Å². The summed E-state index contributed by atoms with van der Waals surface area (Å²) in [5.74, 6) is -0.341. The zero-order chi connectivity index (χ0) is 33.6. The standard InChI is InChI=1S/C27H28N4O4.C8H6N2O2/c1-27(2,16-30-25(32)19-13-17-11-12-28-24(17)29-15-19)20-6-8-21(9-7-20)31-26(33)18-5-10-22(34-3)23(14-18)35-4;11-8(12)6-5-9-7-3-1-2-4-10(6)7/h5-15H,16H2,1-4H3,(H,28,29)(H,30,32)(H,31,33);1-5H,(H,11,12). The first kappa shape index (κ1) is 32.2. The smallest absolute Gasteiger partial charge is 0.354 e. The number of amides is 2. The Labute approximate surface area is 270 Å². The van der Waals surface area contributed by atoms with E-state index in [9.17, 15) is 14.4 Å². The molecule has 0 aliphatic rings. The summed E-state index contributed by atoms with van der Waals surface area (Å²) in [6, 6.07) is 21.6. The molecule has 0 saturated heterocycles. The maximum Gasteiger partial charge on any atom is 0.354 e. The van der Waals surface area contributed by atoms with Crippen molar-refractivity contribution in [1.82, 2.24) is 24.7 Å². The Balaban J connectivity index is 0.000000301. The average Bonchev–Trinajstić information content (AvgIpc) is 3.74. The van der Waals surface area contributed by atoms with Gasteiger partial charge in [0.2, 0.25) is 0 Å². The Hall–Kier alpha value is -6.17. The summed E-state index contributed by atoms with van der Waals surface area (Å²) in [4.78, 5) is 47.2. The number of carboxylic acids is 1. The van der Waals surface area contributed by atoms with Crippen LogP contribution in [0.4, 0.5) is 5.69 Å². The van der Waals surface area contributed by atoms with Gasteiger partial charge in [-0.3, -0.25) is 14.0 Å². The molecule has 6 rings (SSSR count). The van der Waals surface area contributed by atoms with E-state index in [-0.39, 0.29) is 22.9 Å². The monoisotopic (exact) mass is 634 g/mol. The molecule has 47 heavy (non-hydrogen) atoms. The van der Waals surface area contributed by atoms with Crippen molar-refractivity contribution in [3.05, 3.63) is 120 Å². The first-order valence-corrected chi connectivity index (χ1v) is 14.6. The maximum atomic E-state index is 12.7. The summed E-state index contributed by atoms with van der Waals surface area (Å²) in [7, 11) is 3.07. The third-order valence-corrected chi connectivity index (χ3v) is 7.56. The number of imidazole rings is 1. The van der Waals surface area contributed by atoms with E-state index in [0.717, 1.165) is 16.6 Å². The highest BCUT2D eigenvalue weighted by atomic mass is 16.5. The summed E-state index contributed by atoms with van der Waals surface area (Å²) >= 11 is 0. The molecule has 0 aliphatic carbocycles. The number of aromatic amines is 1.